The largest absolute Gasteiger partial charge is 0.391 e. The Morgan fingerprint density at radius 1 is 0.826 bits per heavy atom. The van der Waals surface area contributed by atoms with Crippen LogP contribution in [0.25, 0.3) is 11.1 Å². The van der Waals surface area contributed by atoms with Gasteiger partial charge in [0.1, 0.15) is 12.4 Å². The minimum Gasteiger partial charge on any atom is -0.391 e. The van der Waals surface area contributed by atoms with Crippen LogP contribution in [-0.2, 0) is 11.4 Å². The third-order valence-corrected chi connectivity index (χ3v) is 3.39. The van der Waals surface area contributed by atoms with Gasteiger partial charge in [0.15, 0.2) is 0 Å². The Labute approximate surface area is 134 Å². The van der Waals surface area contributed by atoms with E-state index in [1.807, 2.05) is 30.3 Å². The van der Waals surface area contributed by atoms with E-state index in [1.165, 1.54) is 18.3 Å². The second-order valence-corrected chi connectivity index (χ2v) is 5.13. The quantitative estimate of drug-likeness (QED) is 0.478. The van der Waals surface area contributed by atoms with Gasteiger partial charge in [0.25, 0.3) is 0 Å². The topological polar surface area (TPSA) is 21.6 Å². The monoisotopic (exact) mass is 305 g/mol. The molecule has 0 N–H and O–H groups in total. The molecule has 0 bridgehead atoms. The average molecular weight is 305 g/mol. The van der Waals surface area contributed by atoms with Crippen molar-refractivity contribution in [2.45, 2.75) is 6.61 Å². The second-order valence-electron chi connectivity index (χ2n) is 5.13. The first kappa shape index (κ1) is 15.0. The molecule has 0 fully saturated rings. The fourth-order valence-electron chi connectivity index (χ4n) is 2.27. The Balaban J connectivity index is 1.63. The smallest absolute Gasteiger partial charge is 0.142 e. The SMILES string of the molecule is Fc1cccc(C=NOCc2cccc(-c3ccccc3)c2)c1. The zero-order valence-electron chi connectivity index (χ0n) is 12.5. The second kappa shape index (κ2) is 7.36. The number of hydrogen-bond acceptors (Lipinski definition) is 2. The average Bonchev–Trinajstić information content (AvgIpc) is 2.60. The molecule has 3 aromatic rings. The molecule has 3 heteroatoms. The van der Waals surface area contributed by atoms with Gasteiger partial charge in [-0.25, -0.2) is 4.39 Å². The molecule has 2 nitrogen and oxygen atoms in total. The van der Waals surface area contributed by atoms with E-state index in [-0.39, 0.29) is 5.82 Å². The zero-order chi connectivity index (χ0) is 15.9. The standard InChI is InChI=1S/C20H16FNO/c21-20-11-5-6-16(13-20)14-22-23-15-17-7-4-10-19(12-17)18-8-2-1-3-9-18/h1-14H,15H2. The maximum Gasteiger partial charge on any atom is 0.142 e. The highest BCUT2D eigenvalue weighted by molar-refractivity contribution is 5.78. The number of hydrogen-bond donors (Lipinski definition) is 0. The number of halogens is 1. The molecule has 0 radical (unpaired) electrons. The molecule has 3 rings (SSSR count). The summed E-state index contributed by atoms with van der Waals surface area (Å²) >= 11 is 0. The zero-order valence-corrected chi connectivity index (χ0v) is 12.5. The Kier molecular flexibility index (Phi) is 4.79. The van der Waals surface area contributed by atoms with Gasteiger partial charge in [0, 0.05) is 0 Å². The molecule has 0 amide bonds. The van der Waals surface area contributed by atoms with E-state index in [2.05, 4.69) is 29.4 Å². The van der Waals surface area contributed by atoms with Crippen LogP contribution in [0.4, 0.5) is 4.39 Å². The summed E-state index contributed by atoms with van der Waals surface area (Å²) in [4.78, 5) is 5.30. The molecule has 0 aliphatic heterocycles. The first-order valence-corrected chi connectivity index (χ1v) is 7.36. The van der Waals surface area contributed by atoms with E-state index in [9.17, 15) is 4.39 Å². The lowest BCUT2D eigenvalue weighted by Crippen LogP contribution is -1.89. The molecular weight excluding hydrogens is 289 g/mol. The third-order valence-electron chi connectivity index (χ3n) is 3.39. The van der Waals surface area contributed by atoms with Gasteiger partial charge in [-0.3, -0.25) is 0 Å². The van der Waals surface area contributed by atoms with E-state index < -0.39 is 0 Å². The summed E-state index contributed by atoms with van der Waals surface area (Å²) in [5.74, 6) is -0.287. The molecular formula is C20H16FNO. The van der Waals surface area contributed by atoms with Crippen LogP contribution in [0, 0.1) is 5.82 Å². The van der Waals surface area contributed by atoms with Crippen LogP contribution in [0.15, 0.2) is 84.0 Å². The Bertz CT molecular complexity index is 800. The van der Waals surface area contributed by atoms with Crippen molar-refractivity contribution < 1.29 is 9.23 Å². The van der Waals surface area contributed by atoms with Crippen molar-refractivity contribution in [1.82, 2.24) is 0 Å². The molecule has 114 valence electrons. The summed E-state index contributed by atoms with van der Waals surface area (Å²) < 4.78 is 13.0. The summed E-state index contributed by atoms with van der Waals surface area (Å²) in [5.41, 5.74) is 4.00. The van der Waals surface area contributed by atoms with Gasteiger partial charge in [0.05, 0.1) is 6.21 Å². The number of benzene rings is 3. The van der Waals surface area contributed by atoms with E-state index in [0.29, 0.717) is 12.2 Å². The van der Waals surface area contributed by atoms with Crippen LogP contribution in [0.1, 0.15) is 11.1 Å². The van der Waals surface area contributed by atoms with Crippen molar-refractivity contribution in [3.63, 3.8) is 0 Å². The van der Waals surface area contributed by atoms with Gasteiger partial charge < -0.3 is 4.84 Å². The summed E-state index contributed by atoms with van der Waals surface area (Å²) in [7, 11) is 0. The maximum absolute atomic E-state index is 13.0. The van der Waals surface area contributed by atoms with Crippen molar-refractivity contribution in [2.24, 2.45) is 5.16 Å². The molecule has 23 heavy (non-hydrogen) atoms. The van der Waals surface area contributed by atoms with Gasteiger partial charge in [0.2, 0.25) is 0 Å². The van der Waals surface area contributed by atoms with Gasteiger partial charge in [-0.15, -0.1) is 0 Å². The van der Waals surface area contributed by atoms with Crippen LogP contribution >= 0.6 is 0 Å². The Hall–Kier alpha value is -2.94. The molecule has 0 saturated heterocycles. The molecule has 0 aliphatic rings. The maximum atomic E-state index is 13.0. The van der Waals surface area contributed by atoms with Gasteiger partial charge in [-0.05, 0) is 40.5 Å². The highest BCUT2D eigenvalue weighted by atomic mass is 19.1. The molecule has 0 unspecified atom stereocenters. The Morgan fingerprint density at radius 2 is 1.61 bits per heavy atom. The molecule has 0 aromatic heterocycles. The molecule has 0 atom stereocenters. The van der Waals surface area contributed by atoms with Crippen molar-refractivity contribution in [3.8, 4) is 11.1 Å². The van der Waals surface area contributed by atoms with E-state index >= 15 is 0 Å². The molecule has 0 aliphatic carbocycles. The van der Waals surface area contributed by atoms with Gasteiger partial charge >= 0.3 is 0 Å². The van der Waals surface area contributed by atoms with Crippen molar-refractivity contribution in [2.75, 3.05) is 0 Å². The fraction of sp³-hybridized carbons (Fsp3) is 0.0500. The van der Waals surface area contributed by atoms with Gasteiger partial charge in [-0.2, -0.15) is 0 Å². The van der Waals surface area contributed by atoms with E-state index in [1.54, 1.807) is 12.1 Å². The summed E-state index contributed by atoms with van der Waals surface area (Å²) in [5, 5.41) is 3.89. The molecule has 0 spiro atoms. The predicted octanol–water partition coefficient (Wildman–Crippen LogP) is 5.04. The minimum atomic E-state index is -0.287. The lowest BCUT2D eigenvalue weighted by molar-refractivity contribution is 0.132. The van der Waals surface area contributed by atoms with E-state index in [4.69, 9.17) is 4.84 Å². The third kappa shape index (κ3) is 4.27. The molecule has 0 heterocycles. The highest BCUT2D eigenvalue weighted by Crippen LogP contribution is 2.20. The lowest BCUT2D eigenvalue weighted by Gasteiger charge is -2.05. The molecule has 3 aromatic carbocycles. The number of oxime groups is 1. The molecule has 0 saturated carbocycles. The van der Waals surface area contributed by atoms with Crippen molar-refractivity contribution >= 4 is 6.21 Å². The number of nitrogens with zero attached hydrogens (tertiary/aromatic N) is 1. The fourth-order valence-corrected chi connectivity index (χ4v) is 2.27. The summed E-state index contributed by atoms with van der Waals surface area (Å²) in [6.45, 7) is 0.368. The summed E-state index contributed by atoms with van der Waals surface area (Å²) in [6.07, 6.45) is 1.50. The van der Waals surface area contributed by atoms with Crippen molar-refractivity contribution in [3.05, 3.63) is 95.8 Å². The van der Waals surface area contributed by atoms with E-state index in [0.717, 1.165) is 16.7 Å². The summed E-state index contributed by atoms with van der Waals surface area (Å²) in [6, 6.07) is 24.5. The first-order chi connectivity index (χ1) is 11.3. The van der Waals surface area contributed by atoms with Crippen LogP contribution in [0.2, 0.25) is 0 Å². The van der Waals surface area contributed by atoms with Crippen LogP contribution < -0.4 is 0 Å². The normalized spacial score (nSPS) is 10.8. The lowest BCUT2D eigenvalue weighted by atomic mass is 10.0. The van der Waals surface area contributed by atoms with Crippen molar-refractivity contribution in [1.29, 1.82) is 0 Å². The van der Waals surface area contributed by atoms with Crippen LogP contribution in [-0.4, -0.2) is 6.21 Å². The van der Waals surface area contributed by atoms with Crippen LogP contribution in [0.5, 0.6) is 0 Å². The predicted molar refractivity (Wildman–Crippen MR) is 90.7 cm³/mol. The van der Waals surface area contributed by atoms with Gasteiger partial charge in [-0.1, -0.05) is 65.8 Å². The van der Waals surface area contributed by atoms with Crippen LogP contribution in [0.3, 0.4) is 0 Å². The number of rotatable bonds is 5. The minimum absolute atomic E-state index is 0.287. The first-order valence-electron chi connectivity index (χ1n) is 7.36. The Morgan fingerprint density at radius 3 is 2.43 bits per heavy atom. The highest BCUT2D eigenvalue weighted by Gasteiger charge is 1.99.